The summed E-state index contributed by atoms with van der Waals surface area (Å²) in [5, 5.41) is 15.2. The third kappa shape index (κ3) is 3.73. The van der Waals surface area contributed by atoms with E-state index in [4.69, 9.17) is 4.74 Å². The lowest BCUT2D eigenvalue weighted by molar-refractivity contribution is 0.125. The summed E-state index contributed by atoms with van der Waals surface area (Å²) in [4.78, 5) is 0. The number of halogens is 1. The molecule has 2 atom stereocenters. The monoisotopic (exact) mass is 352 g/mol. The van der Waals surface area contributed by atoms with Crippen LogP contribution in [0.1, 0.15) is 36.6 Å². The van der Waals surface area contributed by atoms with Crippen LogP contribution in [0.15, 0.2) is 41.0 Å². The van der Waals surface area contributed by atoms with Crippen molar-refractivity contribution in [3.8, 4) is 0 Å². The first-order chi connectivity index (χ1) is 10.2. The van der Waals surface area contributed by atoms with Gasteiger partial charge in [0, 0.05) is 13.0 Å². The van der Waals surface area contributed by atoms with Crippen molar-refractivity contribution in [2.75, 3.05) is 13.7 Å². The highest BCUT2D eigenvalue weighted by atomic mass is 79.9. The van der Waals surface area contributed by atoms with Gasteiger partial charge >= 0.3 is 0 Å². The molecule has 0 saturated heterocycles. The summed E-state index contributed by atoms with van der Waals surface area (Å²) in [7, 11) is 1.66. The Labute approximate surface area is 133 Å². The van der Waals surface area contributed by atoms with Gasteiger partial charge in [0.15, 0.2) is 0 Å². The van der Waals surface area contributed by atoms with Gasteiger partial charge in [-0.2, -0.15) is 5.10 Å². The molecule has 0 spiro atoms. The van der Waals surface area contributed by atoms with E-state index in [0.29, 0.717) is 13.2 Å². The summed E-state index contributed by atoms with van der Waals surface area (Å²) < 4.78 is 7.75. The summed E-state index contributed by atoms with van der Waals surface area (Å²) in [5.41, 5.74) is 1.95. The zero-order valence-corrected chi connectivity index (χ0v) is 14.0. The highest BCUT2D eigenvalue weighted by Crippen LogP contribution is 2.36. The maximum Gasteiger partial charge on any atom is 0.104 e. The average Bonchev–Trinajstić information content (AvgIpc) is 2.87. The largest absolute Gasteiger partial charge is 0.386 e. The lowest BCUT2D eigenvalue weighted by Gasteiger charge is -2.23. The van der Waals surface area contributed by atoms with E-state index in [9.17, 15) is 5.11 Å². The zero-order valence-electron chi connectivity index (χ0n) is 12.4. The number of rotatable bonds is 7. The van der Waals surface area contributed by atoms with Gasteiger partial charge in [-0.15, -0.1) is 0 Å². The zero-order chi connectivity index (χ0) is 15.2. The fourth-order valence-electron chi connectivity index (χ4n) is 2.55. The molecule has 0 fully saturated rings. The highest BCUT2D eigenvalue weighted by molar-refractivity contribution is 9.10. The molecule has 114 valence electrons. The van der Waals surface area contributed by atoms with Crippen LogP contribution in [0.25, 0.3) is 0 Å². The number of aromatic nitrogens is 2. The number of nitrogens with zero attached hydrogens (tertiary/aromatic N) is 2. The minimum absolute atomic E-state index is 0.0421. The summed E-state index contributed by atoms with van der Waals surface area (Å²) in [6.07, 6.45) is 1.98. The molecular weight excluding hydrogens is 332 g/mol. The Morgan fingerprint density at radius 2 is 2.05 bits per heavy atom. The topological polar surface area (TPSA) is 47.3 Å². The van der Waals surface area contributed by atoms with Crippen molar-refractivity contribution in [2.45, 2.75) is 31.9 Å². The number of hydrogen-bond donors (Lipinski definition) is 1. The number of ether oxygens (including phenoxy) is 1. The summed E-state index contributed by atoms with van der Waals surface area (Å²) >= 11 is 3.50. The minimum atomic E-state index is -0.605. The first-order valence-corrected chi connectivity index (χ1v) is 7.91. The van der Waals surface area contributed by atoms with Gasteiger partial charge in [0.1, 0.15) is 6.10 Å². The Morgan fingerprint density at radius 1 is 1.33 bits per heavy atom. The predicted molar refractivity (Wildman–Crippen MR) is 86.2 cm³/mol. The molecule has 0 aliphatic rings. The van der Waals surface area contributed by atoms with Crippen LogP contribution in [0.2, 0.25) is 0 Å². The van der Waals surface area contributed by atoms with Crippen LogP contribution in [0.5, 0.6) is 0 Å². The second-order valence-electron chi connectivity index (χ2n) is 4.96. The Morgan fingerprint density at radius 3 is 2.67 bits per heavy atom. The van der Waals surface area contributed by atoms with Crippen molar-refractivity contribution < 1.29 is 9.84 Å². The maximum absolute atomic E-state index is 10.9. The van der Waals surface area contributed by atoms with Crippen LogP contribution in [0, 0.1) is 0 Å². The van der Waals surface area contributed by atoms with Crippen molar-refractivity contribution in [2.24, 2.45) is 0 Å². The van der Waals surface area contributed by atoms with Gasteiger partial charge in [0.2, 0.25) is 0 Å². The van der Waals surface area contributed by atoms with Gasteiger partial charge in [-0.05, 0) is 27.9 Å². The number of aliphatic hydroxyl groups is 1. The summed E-state index contributed by atoms with van der Waals surface area (Å²) in [6.45, 7) is 3.28. The van der Waals surface area contributed by atoms with Crippen LogP contribution < -0.4 is 0 Å². The lowest BCUT2D eigenvalue weighted by atomic mass is 9.89. The fourth-order valence-corrected chi connectivity index (χ4v) is 3.08. The van der Waals surface area contributed by atoms with Gasteiger partial charge in [0.05, 0.1) is 29.5 Å². The van der Waals surface area contributed by atoms with Crippen molar-refractivity contribution >= 4 is 15.9 Å². The Bertz CT molecular complexity index is 557. The van der Waals surface area contributed by atoms with Crippen molar-refractivity contribution in [3.05, 3.63) is 52.3 Å². The van der Waals surface area contributed by atoms with Crippen LogP contribution in [0.4, 0.5) is 0 Å². The van der Waals surface area contributed by atoms with Gasteiger partial charge in [-0.25, -0.2) is 0 Å². The van der Waals surface area contributed by atoms with E-state index < -0.39 is 6.10 Å². The Balaban J connectivity index is 2.29. The van der Waals surface area contributed by atoms with E-state index in [-0.39, 0.29) is 5.92 Å². The Hall–Kier alpha value is -1.17. The minimum Gasteiger partial charge on any atom is -0.386 e. The number of benzene rings is 1. The van der Waals surface area contributed by atoms with Crippen LogP contribution in [-0.4, -0.2) is 28.6 Å². The lowest BCUT2D eigenvalue weighted by Crippen LogP contribution is -2.17. The van der Waals surface area contributed by atoms with Gasteiger partial charge in [-0.3, -0.25) is 4.68 Å². The first kappa shape index (κ1) is 16.2. The van der Waals surface area contributed by atoms with Crippen molar-refractivity contribution in [1.82, 2.24) is 9.78 Å². The van der Waals surface area contributed by atoms with Gasteiger partial charge < -0.3 is 9.84 Å². The van der Waals surface area contributed by atoms with Crippen LogP contribution in [0.3, 0.4) is 0 Å². The normalized spacial score (nSPS) is 14.1. The predicted octanol–water partition coefficient (Wildman–Crippen LogP) is 3.52. The third-order valence-electron chi connectivity index (χ3n) is 3.67. The molecule has 21 heavy (non-hydrogen) atoms. The maximum atomic E-state index is 10.9. The van der Waals surface area contributed by atoms with Gasteiger partial charge in [-0.1, -0.05) is 37.3 Å². The van der Waals surface area contributed by atoms with E-state index in [1.54, 1.807) is 13.3 Å². The molecule has 1 N–H and O–H groups in total. The molecule has 5 heteroatoms. The number of methoxy groups -OCH3 is 1. The third-order valence-corrected chi connectivity index (χ3v) is 4.28. The standard InChI is InChI=1S/C16H21BrN2O2/c1-3-13(12-7-5-4-6-8-12)16(20)15-14(17)11-18-19(15)9-10-21-2/h4-8,11,13,16,20H,3,9-10H2,1-2H3. The molecule has 2 unspecified atom stereocenters. The van der Waals surface area contributed by atoms with Crippen LogP contribution >= 0.6 is 15.9 Å². The molecule has 0 radical (unpaired) electrons. The molecule has 0 saturated carbocycles. The van der Waals surface area contributed by atoms with E-state index >= 15 is 0 Å². The van der Waals surface area contributed by atoms with E-state index in [0.717, 1.165) is 22.2 Å². The van der Waals surface area contributed by atoms with Gasteiger partial charge in [0.25, 0.3) is 0 Å². The molecule has 2 rings (SSSR count). The van der Waals surface area contributed by atoms with E-state index in [1.807, 2.05) is 22.9 Å². The Kier molecular flexibility index (Phi) is 5.96. The SMILES string of the molecule is CCC(c1ccccc1)C(O)c1c(Br)cnn1CCOC. The number of aliphatic hydroxyl groups excluding tert-OH is 1. The number of hydrogen-bond acceptors (Lipinski definition) is 3. The van der Waals surface area contributed by atoms with Crippen LogP contribution in [-0.2, 0) is 11.3 Å². The summed E-state index contributed by atoms with van der Waals surface area (Å²) in [5.74, 6) is 0.0421. The average molecular weight is 353 g/mol. The molecule has 1 heterocycles. The molecular formula is C16H21BrN2O2. The molecule has 1 aromatic carbocycles. The van der Waals surface area contributed by atoms with Crippen molar-refractivity contribution in [1.29, 1.82) is 0 Å². The van der Waals surface area contributed by atoms with Crippen molar-refractivity contribution in [3.63, 3.8) is 0 Å². The molecule has 4 nitrogen and oxygen atoms in total. The molecule has 0 aliphatic carbocycles. The summed E-state index contributed by atoms with van der Waals surface area (Å²) in [6, 6.07) is 10.1. The van der Waals surface area contributed by atoms with E-state index in [1.165, 1.54) is 0 Å². The molecule has 1 aromatic heterocycles. The molecule has 0 bridgehead atoms. The quantitative estimate of drug-likeness (QED) is 0.829. The molecule has 0 aliphatic heterocycles. The van der Waals surface area contributed by atoms with E-state index in [2.05, 4.69) is 40.1 Å². The second kappa shape index (κ2) is 7.73. The fraction of sp³-hybridized carbons (Fsp3) is 0.438. The smallest absolute Gasteiger partial charge is 0.104 e. The highest BCUT2D eigenvalue weighted by Gasteiger charge is 2.26. The second-order valence-corrected chi connectivity index (χ2v) is 5.82. The first-order valence-electron chi connectivity index (χ1n) is 7.12. The molecule has 2 aromatic rings. The molecule has 0 amide bonds.